The summed E-state index contributed by atoms with van der Waals surface area (Å²) in [4.78, 5) is 41.9. The number of aliphatic hydroxyl groups excluding tert-OH is 12. The fourth-order valence-corrected chi connectivity index (χ4v) is 3.25. The minimum atomic E-state index is -1.48. The Bertz CT molecular complexity index is 1150. The first-order chi connectivity index (χ1) is 22.3. The molecule has 0 fully saturated rings. The zero-order valence-electron chi connectivity index (χ0n) is 26.4. The van der Waals surface area contributed by atoms with Crippen LogP contribution in [-0.4, -0.2) is 198 Å². The van der Waals surface area contributed by atoms with Crippen molar-refractivity contribution in [3.05, 3.63) is 46.1 Å². The topological polar surface area (TPSA) is 440 Å². The van der Waals surface area contributed by atoms with Crippen molar-refractivity contribution in [2.45, 2.75) is 48.8 Å². The van der Waals surface area contributed by atoms with Crippen molar-refractivity contribution >= 4 is 61.6 Å². The van der Waals surface area contributed by atoms with Crippen LogP contribution in [0.1, 0.15) is 0 Å². The van der Waals surface area contributed by atoms with Gasteiger partial charge >= 0.3 is 143 Å². The number of ether oxygens (including phenoxy) is 4. The zero-order valence-corrected chi connectivity index (χ0v) is 33.8. The van der Waals surface area contributed by atoms with Gasteiger partial charge in [0.25, 0.3) is 0 Å². The van der Waals surface area contributed by atoms with Crippen molar-refractivity contribution in [3.8, 4) is 0 Å². The van der Waals surface area contributed by atoms with Crippen LogP contribution >= 0.6 is 0 Å². The van der Waals surface area contributed by atoms with Crippen molar-refractivity contribution in [3.63, 3.8) is 0 Å². The van der Waals surface area contributed by atoms with E-state index in [2.05, 4.69) is 18.9 Å². The van der Waals surface area contributed by atoms with Crippen LogP contribution in [0.5, 0.6) is 0 Å². The average molecular weight is 803 g/mol. The van der Waals surface area contributed by atoms with E-state index >= 15 is 0 Å². The van der Waals surface area contributed by atoms with Gasteiger partial charge in [-0.15, -0.1) is 0 Å². The molecule has 0 saturated carbocycles. The molecule has 0 saturated heterocycles. The van der Waals surface area contributed by atoms with Gasteiger partial charge in [0.15, 0.2) is 23.7 Å². The van der Waals surface area contributed by atoms with E-state index < -0.39 is 145 Å². The number of hydrogen-bond acceptors (Lipinski definition) is 24. The van der Waals surface area contributed by atoms with Crippen LogP contribution in [0.4, 0.5) is 0 Å². The van der Waals surface area contributed by atoms with Gasteiger partial charge in [0.05, 0.1) is 26.4 Å². The molecule has 272 valence electrons. The number of carbonyl (C=O) groups is 4. The largest absolute Gasteiger partial charge is 2.00 e. The summed E-state index contributed by atoms with van der Waals surface area (Å²) in [7, 11) is 0. The standard InChI is InChI=1S/4C6H8O6.Ca.K.Na/c4*7-1-2(8)5-3(9)4(10)6(11)12-5;;;/h4*2,5,7-10H,1H2;;;/q;;;;+2;2*+1/p-4/t4*2-,5+;;;/m0000.../s1. The Morgan fingerprint density at radius 2 is 0.706 bits per heavy atom. The molecule has 0 aromatic carbocycles. The summed E-state index contributed by atoms with van der Waals surface area (Å²) in [5.41, 5.74) is 0. The van der Waals surface area contributed by atoms with E-state index in [0.29, 0.717) is 0 Å². The number of cyclic esters (lactones) is 4. The molecule has 4 heterocycles. The second-order valence-electron chi connectivity index (χ2n) is 9.16. The molecule has 0 unspecified atom stereocenters. The molecule has 24 nitrogen and oxygen atoms in total. The predicted octanol–water partition coefficient (Wildman–Crippen LogP) is -16.8. The van der Waals surface area contributed by atoms with E-state index in [0.717, 1.165) is 0 Å². The van der Waals surface area contributed by atoms with Gasteiger partial charge in [0.1, 0.15) is 48.1 Å². The Morgan fingerprint density at radius 1 is 0.490 bits per heavy atom. The maximum Gasteiger partial charge on any atom is 2.00 e. The van der Waals surface area contributed by atoms with E-state index in [4.69, 9.17) is 61.3 Å². The fourth-order valence-electron chi connectivity index (χ4n) is 3.25. The molecule has 0 bridgehead atoms. The van der Waals surface area contributed by atoms with Gasteiger partial charge < -0.3 is 101 Å². The number of rotatable bonds is 8. The predicted molar refractivity (Wildman–Crippen MR) is 136 cm³/mol. The fraction of sp³-hybridized carbons (Fsp3) is 0.500. The molecule has 27 heteroatoms. The summed E-state index contributed by atoms with van der Waals surface area (Å²) in [6.45, 7) is -2.82. The van der Waals surface area contributed by atoms with Crippen LogP contribution in [-0.2, 0) is 38.1 Å². The van der Waals surface area contributed by atoms with Gasteiger partial charge in [-0.05, 0) is 11.5 Å². The summed E-state index contributed by atoms with van der Waals surface area (Å²) in [6.07, 6.45) is -11.7. The summed E-state index contributed by atoms with van der Waals surface area (Å²) >= 11 is 0. The Kier molecular flexibility index (Phi) is 26.6. The molecule has 4 aliphatic rings. The molecular formula is C24H28CaKNaO24. The smallest absolute Gasteiger partial charge is 0.870 e. The van der Waals surface area contributed by atoms with Crippen molar-refractivity contribution in [2.75, 3.05) is 26.4 Å². The SMILES string of the molecule is O=C1O[C@H]([C@@H](O)CO)C(O)=C1[O-].O=C1O[C@H]([C@@H](O)CO)C(O)=C1[O-].O=C1O[C@H]([C@@H](O)CO)C([O-])=C1O.O=C1O[C@H]([C@@H](O)CO)C([O-])=C1O.[Ca+2].[K+].[Na+]. The maximum absolute atomic E-state index is 10.8. The van der Waals surface area contributed by atoms with Crippen molar-refractivity contribution in [1.29, 1.82) is 0 Å². The third-order valence-electron chi connectivity index (χ3n) is 5.83. The van der Waals surface area contributed by atoms with Crippen molar-refractivity contribution in [2.24, 2.45) is 0 Å². The van der Waals surface area contributed by atoms with E-state index in [1.165, 1.54) is 0 Å². The maximum atomic E-state index is 10.8. The molecule has 8 atom stereocenters. The van der Waals surface area contributed by atoms with Crippen molar-refractivity contribution in [1.82, 2.24) is 0 Å². The molecule has 0 aromatic heterocycles. The van der Waals surface area contributed by atoms with Gasteiger partial charge in [0.2, 0.25) is 0 Å². The normalized spacial score (nSPS) is 24.3. The molecule has 0 aromatic rings. The Balaban J connectivity index is -0.000000591. The Labute approximate surface area is 379 Å². The Morgan fingerprint density at radius 3 is 0.863 bits per heavy atom. The van der Waals surface area contributed by atoms with Gasteiger partial charge in [0, 0.05) is 11.5 Å². The van der Waals surface area contributed by atoms with E-state index in [1.54, 1.807) is 0 Å². The minimum Gasteiger partial charge on any atom is -0.870 e. The first-order valence-corrected chi connectivity index (χ1v) is 12.7. The molecule has 51 heavy (non-hydrogen) atoms. The van der Waals surface area contributed by atoms with Gasteiger partial charge in [-0.2, -0.15) is 0 Å². The molecule has 0 spiro atoms. The van der Waals surface area contributed by atoms with E-state index in [9.17, 15) is 39.6 Å². The van der Waals surface area contributed by atoms with Crippen LogP contribution in [0, 0.1) is 0 Å². The van der Waals surface area contributed by atoms with Crippen LogP contribution < -0.4 is 101 Å². The van der Waals surface area contributed by atoms with Crippen LogP contribution in [0.3, 0.4) is 0 Å². The van der Waals surface area contributed by atoms with E-state index in [1.807, 2.05) is 0 Å². The molecule has 4 rings (SSSR count). The third kappa shape index (κ3) is 14.2. The van der Waals surface area contributed by atoms with Gasteiger partial charge in [-0.25, -0.2) is 19.2 Å². The number of hydrogen-bond donors (Lipinski definition) is 12. The van der Waals surface area contributed by atoms with Crippen LogP contribution in [0.15, 0.2) is 46.1 Å². The quantitative estimate of drug-likeness (QED) is 0.0616. The number of aliphatic hydroxyl groups is 12. The first-order valence-electron chi connectivity index (χ1n) is 12.7. The Hall–Kier alpha value is -1.18. The molecular weight excluding hydrogens is 774 g/mol. The molecule has 0 amide bonds. The monoisotopic (exact) mass is 802 g/mol. The van der Waals surface area contributed by atoms with E-state index in [-0.39, 0.29) is 119 Å². The average Bonchev–Trinajstić information content (AvgIpc) is 3.70. The molecule has 0 radical (unpaired) electrons. The number of carbonyl (C=O) groups excluding carboxylic acids is 4. The summed E-state index contributed by atoms with van der Waals surface area (Å²) in [5.74, 6) is -12.9. The minimum absolute atomic E-state index is 0. The zero-order chi connectivity index (χ0) is 37.2. The second kappa shape index (κ2) is 25.0. The summed E-state index contributed by atoms with van der Waals surface area (Å²) < 4.78 is 17.0. The number of esters is 4. The summed E-state index contributed by atoms with van der Waals surface area (Å²) in [6, 6.07) is 0. The van der Waals surface area contributed by atoms with Crippen LogP contribution in [0.2, 0.25) is 0 Å². The summed E-state index contributed by atoms with van der Waals surface area (Å²) in [5, 5.41) is 147. The molecule has 12 N–H and O–H groups in total. The first kappa shape index (κ1) is 54.2. The molecule has 0 aliphatic carbocycles. The molecule has 4 aliphatic heterocycles. The van der Waals surface area contributed by atoms with Crippen LogP contribution in [0.25, 0.3) is 0 Å². The third-order valence-corrected chi connectivity index (χ3v) is 5.83. The second-order valence-corrected chi connectivity index (χ2v) is 9.16. The van der Waals surface area contributed by atoms with Gasteiger partial charge in [-0.1, -0.05) is 0 Å². The van der Waals surface area contributed by atoms with Crippen molar-refractivity contribution < 1.29 is 201 Å². The van der Waals surface area contributed by atoms with Gasteiger partial charge in [-0.3, -0.25) is 0 Å².